The molecule has 11 heavy (non-hydrogen) atoms. The predicted molar refractivity (Wildman–Crippen MR) is 46.9 cm³/mol. The average Bonchev–Trinajstić information content (AvgIpc) is 1.86. The minimum atomic E-state index is -0.0971. The molecular weight excluding hydrogens is 138 g/mol. The Morgan fingerprint density at radius 1 is 1.45 bits per heavy atom. The first-order valence-electron chi connectivity index (χ1n) is 3.42. The number of carbonyl (C=O) groups excluding carboxylic acids is 1. The van der Waals surface area contributed by atoms with Gasteiger partial charge < -0.3 is 5.32 Å². The van der Waals surface area contributed by atoms with Crippen molar-refractivity contribution in [3.63, 3.8) is 0 Å². The average molecular weight is 151 g/mol. The molecule has 0 saturated heterocycles. The number of hydrogen-bond donors (Lipinski definition) is 1. The summed E-state index contributed by atoms with van der Waals surface area (Å²) in [7, 11) is 0. The summed E-state index contributed by atoms with van der Waals surface area (Å²) in [6.07, 6.45) is 7.32. The Bertz CT molecular complexity index is 202. The molecule has 2 nitrogen and oxygen atoms in total. The molecule has 0 aromatic rings. The standard InChI is InChI=1S/C9H13NO/c1-4-5-6-7-8(2)10-9(3)11/h4-7H,2H2,1,3H3,(H,10,11)/b5-4-,7-6-. The summed E-state index contributed by atoms with van der Waals surface area (Å²) in [5.41, 5.74) is 0.607. The van der Waals surface area contributed by atoms with Crippen LogP contribution in [0, 0.1) is 0 Å². The summed E-state index contributed by atoms with van der Waals surface area (Å²) >= 11 is 0. The number of amides is 1. The van der Waals surface area contributed by atoms with Crippen molar-refractivity contribution in [1.82, 2.24) is 5.32 Å². The molecule has 0 radical (unpaired) electrons. The zero-order chi connectivity index (χ0) is 8.69. The van der Waals surface area contributed by atoms with Gasteiger partial charge in [-0.05, 0) is 13.0 Å². The molecule has 2 heteroatoms. The first-order valence-corrected chi connectivity index (χ1v) is 3.42. The highest BCUT2D eigenvalue weighted by Gasteiger charge is 1.88. The van der Waals surface area contributed by atoms with Crippen LogP contribution in [0.25, 0.3) is 0 Å². The lowest BCUT2D eigenvalue weighted by Crippen LogP contribution is -2.16. The molecule has 0 fully saturated rings. The third kappa shape index (κ3) is 6.58. The van der Waals surface area contributed by atoms with E-state index in [1.54, 1.807) is 6.08 Å². The van der Waals surface area contributed by atoms with E-state index >= 15 is 0 Å². The molecule has 0 heterocycles. The van der Waals surface area contributed by atoms with Gasteiger partial charge in [0.2, 0.25) is 5.91 Å². The minimum Gasteiger partial charge on any atom is -0.327 e. The fourth-order valence-electron chi connectivity index (χ4n) is 0.551. The Labute approximate surface area is 67.3 Å². The second kappa shape index (κ2) is 5.47. The van der Waals surface area contributed by atoms with Crippen LogP contribution in [0.2, 0.25) is 0 Å². The quantitative estimate of drug-likeness (QED) is 0.612. The Hall–Kier alpha value is -1.31. The largest absolute Gasteiger partial charge is 0.327 e. The van der Waals surface area contributed by atoms with Crippen LogP contribution in [-0.4, -0.2) is 5.91 Å². The third-order valence-electron chi connectivity index (χ3n) is 0.938. The van der Waals surface area contributed by atoms with Crippen LogP contribution in [0.5, 0.6) is 0 Å². The summed E-state index contributed by atoms with van der Waals surface area (Å²) in [5.74, 6) is -0.0971. The zero-order valence-electron chi connectivity index (χ0n) is 6.92. The van der Waals surface area contributed by atoms with Crippen LogP contribution in [0.4, 0.5) is 0 Å². The van der Waals surface area contributed by atoms with Gasteiger partial charge in [0.25, 0.3) is 0 Å². The lowest BCUT2D eigenvalue weighted by atomic mass is 10.4. The fraction of sp³-hybridized carbons (Fsp3) is 0.222. The van der Waals surface area contributed by atoms with E-state index in [9.17, 15) is 4.79 Å². The highest BCUT2D eigenvalue weighted by Crippen LogP contribution is 1.87. The molecule has 0 aromatic heterocycles. The van der Waals surface area contributed by atoms with Crippen molar-refractivity contribution in [2.75, 3.05) is 0 Å². The summed E-state index contributed by atoms with van der Waals surface area (Å²) in [6.45, 7) is 6.99. The maximum absolute atomic E-state index is 10.5. The van der Waals surface area contributed by atoms with Crippen molar-refractivity contribution in [1.29, 1.82) is 0 Å². The maximum atomic E-state index is 10.5. The van der Waals surface area contributed by atoms with Gasteiger partial charge in [-0.1, -0.05) is 24.8 Å². The number of hydrogen-bond acceptors (Lipinski definition) is 1. The van der Waals surface area contributed by atoms with Crippen molar-refractivity contribution >= 4 is 5.91 Å². The van der Waals surface area contributed by atoms with Gasteiger partial charge in [0.15, 0.2) is 0 Å². The van der Waals surface area contributed by atoms with Crippen molar-refractivity contribution in [2.24, 2.45) is 0 Å². The number of allylic oxidation sites excluding steroid dienone is 4. The Morgan fingerprint density at radius 2 is 2.09 bits per heavy atom. The summed E-state index contributed by atoms with van der Waals surface area (Å²) in [6, 6.07) is 0. The van der Waals surface area contributed by atoms with Gasteiger partial charge >= 0.3 is 0 Å². The van der Waals surface area contributed by atoms with Gasteiger partial charge in [0.05, 0.1) is 0 Å². The van der Waals surface area contributed by atoms with E-state index < -0.39 is 0 Å². The van der Waals surface area contributed by atoms with E-state index in [2.05, 4.69) is 11.9 Å². The molecule has 0 saturated carbocycles. The topological polar surface area (TPSA) is 29.1 Å². The van der Waals surface area contributed by atoms with Gasteiger partial charge in [-0.25, -0.2) is 0 Å². The Balaban J connectivity index is 3.78. The first kappa shape index (κ1) is 9.69. The molecule has 0 atom stereocenters. The van der Waals surface area contributed by atoms with Gasteiger partial charge in [-0.2, -0.15) is 0 Å². The first-order chi connectivity index (χ1) is 5.16. The van der Waals surface area contributed by atoms with E-state index in [0.29, 0.717) is 5.70 Å². The van der Waals surface area contributed by atoms with Gasteiger partial charge in [0.1, 0.15) is 0 Å². The SMILES string of the molecule is C=C(/C=C\C=C/C)NC(C)=O. The normalized spacial score (nSPS) is 10.7. The maximum Gasteiger partial charge on any atom is 0.221 e. The summed E-state index contributed by atoms with van der Waals surface area (Å²) < 4.78 is 0. The lowest BCUT2D eigenvalue weighted by molar-refractivity contribution is -0.118. The highest BCUT2D eigenvalue weighted by atomic mass is 16.1. The third-order valence-corrected chi connectivity index (χ3v) is 0.938. The molecule has 0 bridgehead atoms. The molecule has 1 N–H and O–H groups in total. The van der Waals surface area contributed by atoms with Crippen LogP contribution in [0.15, 0.2) is 36.6 Å². The molecule has 0 aromatic carbocycles. The molecule has 60 valence electrons. The highest BCUT2D eigenvalue weighted by molar-refractivity contribution is 5.75. The summed E-state index contributed by atoms with van der Waals surface area (Å²) in [5, 5.41) is 2.55. The van der Waals surface area contributed by atoms with Crippen LogP contribution in [0.3, 0.4) is 0 Å². The molecule has 0 unspecified atom stereocenters. The van der Waals surface area contributed by atoms with Crippen molar-refractivity contribution in [3.8, 4) is 0 Å². The van der Waals surface area contributed by atoms with Crippen molar-refractivity contribution in [2.45, 2.75) is 13.8 Å². The Morgan fingerprint density at radius 3 is 2.55 bits per heavy atom. The number of carbonyl (C=O) groups is 1. The van der Waals surface area contributed by atoms with Gasteiger partial charge in [-0.15, -0.1) is 0 Å². The smallest absolute Gasteiger partial charge is 0.221 e. The van der Waals surface area contributed by atoms with Gasteiger partial charge in [-0.3, -0.25) is 4.79 Å². The minimum absolute atomic E-state index is 0.0971. The molecule has 0 rings (SSSR count). The molecular formula is C9H13NO. The van der Waals surface area contributed by atoms with Crippen LogP contribution in [0.1, 0.15) is 13.8 Å². The summed E-state index contributed by atoms with van der Waals surface area (Å²) in [4.78, 5) is 10.5. The molecule has 1 amide bonds. The van der Waals surface area contributed by atoms with Crippen LogP contribution >= 0.6 is 0 Å². The van der Waals surface area contributed by atoms with E-state index in [1.807, 2.05) is 25.2 Å². The molecule has 0 spiro atoms. The second-order valence-electron chi connectivity index (χ2n) is 2.09. The van der Waals surface area contributed by atoms with E-state index in [1.165, 1.54) is 6.92 Å². The van der Waals surface area contributed by atoms with Gasteiger partial charge in [0, 0.05) is 12.6 Å². The van der Waals surface area contributed by atoms with Crippen LogP contribution in [-0.2, 0) is 4.79 Å². The van der Waals surface area contributed by atoms with Crippen molar-refractivity contribution in [3.05, 3.63) is 36.6 Å². The monoisotopic (exact) mass is 151 g/mol. The van der Waals surface area contributed by atoms with E-state index in [-0.39, 0.29) is 5.91 Å². The lowest BCUT2D eigenvalue weighted by Gasteiger charge is -1.97. The number of nitrogens with one attached hydrogen (secondary N) is 1. The second-order valence-corrected chi connectivity index (χ2v) is 2.09. The fourth-order valence-corrected chi connectivity index (χ4v) is 0.551. The zero-order valence-corrected chi connectivity index (χ0v) is 6.92. The Kier molecular flexibility index (Phi) is 4.82. The molecule has 0 aliphatic rings. The van der Waals surface area contributed by atoms with Crippen molar-refractivity contribution < 1.29 is 4.79 Å². The van der Waals surface area contributed by atoms with Crippen LogP contribution < -0.4 is 5.32 Å². The predicted octanol–water partition coefficient (Wildman–Crippen LogP) is 1.77. The molecule has 0 aliphatic heterocycles. The van der Waals surface area contributed by atoms with E-state index in [0.717, 1.165) is 0 Å². The number of rotatable bonds is 3. The molecule has 0 aliphatic carbocycles. The van der Waals surface area contributed by atoms with E-state index in [4.69, 9.17) is 0 Å².